The number of fused-ring (bicyclic) bond motifs is 1. The first-order valence-electron chi connectivity index (χ1n) is 15.1. The van der Waals surface area contributed by atoms with Gasteiger partial charge in [-0.1, -0.05) is 36.4 Å². The van der Waals surface area contributed by atoms with Gasteiger partial charge in [0.05, 0.1) is 12.9 Å². The smallest absolute Gasteiger partial charge is 0.264 e. The lowest BCUT2D eigenvalue weighted by molar-refractivity contribution is 0.0981. The second-order valence-corrected chi connectivity index (χ2v) is 11.1. The largest absolute Gasteiger partial charge is 0.488 e. The minimum absolute atomic E-state index is 0.0404. The molecule has 0 atom stereocenters. The van der Waals surface area contributed by atoms with E-state index < -0.39 is 17.2 Å². The fraction of sp³-hybridized carbons (Fsp3) is 0.229. The number of hydrogen-bond donors (Lipinski definition) is 2. The van der Waals surface area contributed by atoms with Crippen molar-refractivity contribution in [2.75, 3.05) is 18.4 Å². The Morgan fingerprint density at radius 1 is 1.04 bits per heavy atom. The molecule has 1 fully saturated rings. The molecule has 0 amide bonds. The van der Waals surface area contributed by atoms with Crippen LogP contribution in [0, 0.1) is 11.6 Å². The van der Waals surface area contributed by atoms with E-state index in [1.807, 2.05) is 54.6 Å². The highest BCUT2D eigenvalue weighted by molar-refractivity contribution is 5.95. The van der Waals surface area contributed by atoms with E-state index in [1.165, 1.54) is 23.2 Å². The second-order valence-electron chi connectivity index (χ2n) is 11.1. The molecule has 46 heavy (non-hydrogen) atoms. The number of carbonyl (C=O) groups is 1. The number of Topliss-reactive ketones (excluding diaryl/α,β-unsaturated/α-hetero) is 1. The van der Waals surface area contributed by atoms with Crippen LogP contribution in [0.1, 0.15) is 47.2 Å². The third-order valence-electron chi connectivity index (χ3n) is 7.67. The number of ketones is 1. The van der Waals surface area contributed by atoms with Crippen LogP contribution in [0.4, 0.5) is 20.4 Å². The zero-order valence-corrected chi connectivity index (χ0v) is 25.0. The van der Waals surface area contributed by atoms with Crippen molar-refractivity contribution >= 4 is 34.4 Å². The first-order chi connectivity index (χ1) is 22.4. The fourth-order valence-corrected chi connectivity index (χ4v) is 5.28. The van der Waals surface area contributed by atoms with Crippen LogP contribution in [0.3, 0.4) is 0 Å². The highest BCUT2D eigenvalue weighted by Gasteiger charge is 2.18. The second kappa shape index (κ2) is 14.2. The van der Waals surface area contributed by atoms with Crippen LogP contribution in [-0.4, -0.2) is 44.5 Å². The van der Waals surface area contributed by atoms with E-state index >= 15 is 0 Å². The number of aromatic nitrogens is 4. The highest BCUT2D eigenvalue weighted by Crippen LogP contribution is 2.30. The fourth-order valence-electron chi connectivity index (χ4n) is 5.28. The number of nitrogens with one attached hydrogen (secondary N) is 2. The zero-order chi connectivity index (χ0) is 31.9. The minimum atomic E-state index is -1.01. The number of piperidine rings is 1. The summed E-state index contributed by atoms with van der Waals surface area (Å²) in [7, 11) is 0. The van der Waals surface area contributed by atoms with Gasteiger partial charge >= 0.3 is 0 Å². The topological polar surface area (TPSA) is 111 Å². The number of nitrogens with zero attached hydrogens (tertiary/aromatic N) is 4. The van der Waals surface area contributed by atoms with Crippen molar-refractivity contribution in [1.82, 2.24) is 24.8 Å². The van der Waals surface area contributed by atoms with Crippen molar-refractivity contribution in [2.24, 2.45) is 0 Å². The van der Waals surface area contributed by atoms with E-state index in [0.29, 0.717) is 29.2 Å². The van der Waals surface area contributed by atoms with Gasteiger partial charge in [0.1, 0.15) is 22.9 Å². The van der Waals surface area contributed by atoms with Gasteiger partial charge in [0.15, 0.2) is 17.4 Å². The SMILES string of the molecule is O=C(CC/C=C/c1cc(OC2CCNCC2)c2nc(Nc3ccccc3)ncc2c1)c1cncn(Cc2ccc(F)c(F)c2)c1=O. The van der Waals surface area contributed by atoms with Gasteiger partial charge in [-0.15, -0.1) is 0 Å². The molecule has 11 heteroatoms. The summed E-state index contributed by atoms with van der Waals surface area (Å²) >= 11 is 0. The van der Waals surface area contributed by atoms with Crippen LogP contribution >= 0.6 is 0 Å². The van der Waals surface area contributed by atoms with Crippen molar-refractivity contribution in [1.29, 1.82) is 0 Å². The van der Waals surface area contributed by atoms with E-state index in [2.05, 4.69) is 20.6 Å². The summed E-state index contributed by atoms with van der Waals surface area (Å²) in [5.41, 5.74) is 2.23. The van der Waals surface area contributed by atoms with E-state index in [9.17, 15) is 18.4 Å². The number of allylic oxidation sites excluding steroid dienone is 1. The molecule has 1 aliphatic heterocycles. The Morgan fingerprint density at radius 2 is 1.87 bits per heavy atom. The molecule has 9 nitrogen and oxygen atoms in total. The summed E-state index contributed by atoms with van der Waals surface area (Å²) in [4.78, 5) is 39.2. The number of ether oxygens (including phenoxy) is 1. The first kappa shape index (κ1) is 30.7. The van der Waals surface area contributed by atoms with E-state index in [1.54, 1.807) is 6.20 Å². The average molecular weight is 623 g/mol. The van der Waals surface area contributed by atoms with Crippen LogP contribution in [0.5, 0.6) is 5.75 Å². The molecule has 0 radical (unpaired) electrons. The van der Waals surface area contributed by atoms with E-state index in [0.717, 1.165) is 54.7 Å². The summed E-state index contributed by atoms with van der Waals surface area (Å²) < 4.78 is 34.6. The lowest BCUT2D eigenvalue weighted by atomic mass is 10.1. The van der Waals surface area contributed by atoms with Gasteiger partial charge in [0.2, 0.25) is 5.95 Å². The summed E-state index contributed by atoms with van der Waals surface area (Å²) in [6, 6.07) is 17.0. The van der Waals surface area contributed by atoms with Crippen LogP contribution in [0.25, 0.3) is 17.0 Å². The molecule has 5 aromatic rings. The van der Waals surface area contributed by atoms with Gasteiger partial charge in [-0.2, -0.15) is 0 Å². The lowest BCUT2D eigenvalue weighted by Crippen LogP contribution is -2.34. The monoisotopic (exact) mass is 622 g/mol. The molecule has 0 aliphatic carbocycles. The van der Waals surface area contributed by atoms with Crippen LogP contribution in [0.2, 0.25) is 0 Å². The third-order valence-corrected chi connectivity index (χ3v) is 7.67. The molecule has 0 spiro atoms. The predicted molar refractivity (Wildman–Crippen MR) is 172 cm³/mol. The molecule has 1 aliphatic rings. The van der Waals surface area contributed by atoms with Gasteiger partial charge in [-0.25, -0.2) is 23.7 Å². The number of rotatable bonds is 11. The Hall–Kier alpha value is -5.29. The standard InChI is InChI=1S/C35H32F2N6O3/c36-29-11-10-24(17-30(29)37)21-43-22-39-20-28(34(43)45)31(44)9-5-4-6-23-16-25-19-40-35(41-26-7-2-1-3-8-26)42-33(25)32(18-23)46-27-12-14-38-15-13-27/h1-4,6-8,10-11,16-20,22,27,38H,5,9,12-15,21H2,(H,40,41,42)/b6-4+. The third kappa shape index (κ3) is 7.49. The Bertz CT molecular complexity index is 1940. The quantitative estimate of drug-likeness (QED) is 0.171. The van der Waals surface area contributed by atoms with Crippen molar-refractivity contribution in [3.05, 3.63) is 124 Å². The molecular formula is C35H32F2N6O3. The molecule has 1 saturated heterocycles. The Balaban J connectivity index is 1.16. The lowest BCUT2D eigenvalue weighted by Gasteiger charge is -2.24. The maximum absolute atomic E-state index is 13.6. The van der Waals surface area contributed by atoms with Gasteiger partial charge < -0.3 is 15.4 Å². The molecule has 0 saturated carbocycles. The summed E-state index contributed by atoms with van der Waals surface area (Å²) in [6.07, 6.45) is 10.4. The van der Waals surface area contributed by atoms with Crippen LogP contribution in [0.15, 0.2) is 90.3 Å². The number of hydrogen-bond acceptors (Lipinski definition) is 8. The molecule has 234 valence electrons. The van der Waals surface area contributed by atoms with Crippen LogP contribution < -0.4 is 20.9 Å². The molecule has 2 N–H and O–H groups in total. The van der Waals surface area contributed by atoms with Gasteiger partial charge in [0.25, 0.3) is 5.56 Å². The highest BCUT2D eigenvalue weighted by atomic mass is 19.2. The summed E-state index contributed by atoms with van der Waals surface area (Å²) in [6.45, 7) is 1.74. The Kier molecular flexibility index (Phi) is 9.49. The number of anilines is 2. The predicted octanol–water partition coefficient (Wildman–Crippen LogP) is 6.06. The van der Waals surface area contributed by atoms with Crippen molar-refractivity contribution in [3.63, 3.8) is 0 Å². The van der Waals surface area contributed by atoms with Gasteiger partial charge in [-0.05, 0) is 79.9 Å². The molecule has 6 rings (SSSR count). The normalized spacial score (nSPS) is 13.7. The van der Waals surface area contributed by atoms with Crippen molar-refractivity contribution in [2.45, 2.75) is 38.3 Å². The summed E-state index contributed by atoms with van der Waals surface area (Å²) in [5, 5.41) is 7.41. The Labute approximate surface area is 264 Å². The van der Waals surface area contributed by atoms with Crippen molar-refractivity contribution < 1.29 is 18.3 Å². The minimum Gasteiger partial charge on any atom is -0.488 e. The van der Waals surface area contributed by atoms with E-state index in [-0.39, 0.29) is 30.4 Å². The maximum atomic E-state index is 13.6. The molecule has 3 heterocycles. The molecule has 0 bridgehead atoms. The molecule has 0 unspecified atom stereocenters. The zero-order valence-electron chi connectivity index (χ0n) is 25.0. The van der Waals surface area contributed by atoms with Gasteiger partial charge in [-0.3, -0.25) is 14.2 Å². The number of halogens is 2. The number of carbonyl (C=O) groups excluding carboxylic acids is 1. The van der Waals surface area contributed by atoms with Crippen LogP contribution in [-0.2, 0) is 6.54 Å². The van der Waals surface area contributed by atoms with Crippen molar-refractivity contribution in [3.8, 4) is 5.75 Å². The summed E-state index contributed by atoms with van der Waals surface area (Å²) in [5.74, 6) is -1.21. The molecule has 3 aromatic carbocycles. The molecule has 2 aromatic heterocycles. The maximum Gasteiger partial charge on any atom is 0.264 e. The number of benzene rings is 3. The number of para-hydroxylation sites is 1. The average Bonchev–Trinajstić information content (AvgIpc) is 3.07. The molecular weight excluding hydrogens is 590 g/mol. The Morgan fingerprint density at radius 3 is 2.67 bits per heavy atom. The first-order valence-corrected chi connectivity index (χ1v) is 15.1. The van der Waals surface area contributed by atoms with Gasteiger partial charge in [0, 0.05) is 29.9 Å². The van der Waals surface area contributed by atoms with E-state index in [4.69, 9.17) is 9.72 Å².